The molecule has 1 aromatic rings. The number of aromatic nitrogens is 1. The summed E-state index contributed by atoms with van der Waals surface area (Å²) in [6, 6.07) is 0. The highest BCUT2D eigenvalue weighted by molar-refractivity contribution is 7.09. The first-order valence-electron chi connectivity index (χ1n) is 4.31. The van der Waals surface area contributed by atoms with Crippen molar-refractivity contribution in [3.63, 3.8) is 0 Å². The third-order valence-corrected chi connectivity index (χ3v) is 2.75. The second kappa shape index (κ2) is 4.06. The number of nitrogens with one attached hydrogen (secondary N) is 1. The molecule has 14 heavy (non-hydrogen) atoms. The summed E-state index contributed by atoms with van der Waals surface area (Å²) < 4.78 is 0. The lowest BCUT2D eigenvalue weighted by atomic mass is 10.1. The van der Waals surface area contributed by atoms with Gasteiger partial charge in [0, 0.05) is 4.88 Å². The Hall–Kier alpha value is -0.940. The van der Waals surface area contributed by atoms with Gasteiger partial charge in [-0.25, -0.2) is 4.98 Å². The Morgan fingerprint density at radius 1 is 1.71 bits per heavy atom. The van der Waals surface area contributed by atoms with Crippen LogP contribution in [0, 0.1) is 6.92 Å². The average molecular weight is 214 g/mol. The summed E-state index contributed by atoms with van der Waals surface area (Å²) in [5, 5.41) is 12.0. The minimum Gasteiger partial charge on any atom is -0.381 e. The predicted molar refractivity (Wildman–Crippen MR) is 55.0 cm³/mol. The average Bonchev–Trinajstić information content (AvgIpc) is 2.45. The van der Waals surface area contributed by atoms with Gasteiger partial charge >= 0.3 is 0 Å². The number of aliphatic hydroxyl groups is 1. The van der Waals surface area contributed by atoms with Crippen molar-refractivity contribution in [3.8, 4) is 0 Å². The lowest BCUT2D eigenvalue weighted by Gasteiger charge is -2.16. The molecule has 1 amide bonds. The van der Waals surface area contributed by atoms with E-state index in [1.807, 2.05) is 6.92 Å². The van der Waals surface area contributed by atoms with Gasteiger partial charge in [0.2, 0.25) is 0 Å². The van der Waals surface area contributed by atoms with Crippen LogP contribution in [-0.2, 0) is 11.3 Å². The van der Waals surface area contributed by atoms with Crippen molar-refractivity contribution < 1.29 is 9.90 Å². The second-order valence-electron chi connectivity index (χ2n) is 3.60. The first kappa shape index (κ1) is 11.1. The molecule has 5 heteroatoms. The summed E-state index contributed by atoms with van der Waals surface area (Å²) in [6.45, 7) is 5.24. The molecular weight excluding hydrogens is 200 g/mol. The second-order valence-corrected chi connectivity index (χ2v) is 4.54. The van der Waals surface area contributed by atoms with Crippen molar-refractivity contribution in [2.75, 3.05) is 0 Å². The first-order chi connectivity index (χ1) is 6.41. The maximum absolute atomic E-state index is 11.3. The van der Waals surface area contributed by atoms with Crippen molar-refractivity contribution in [2.45, 2.75) is 32.9 Å². The highest BCUT2D eigenvalue weighted by Gasteiger charge is 2.23. The zero-order valence-electron chi connectivity index (χ0n) is 8.50. The molecule has 1 rings (SSSR count). The van der Waals surface area contributed by atoms with Gasteiger partial charge in [-0.05, 0) is 20.8 Å². The molecule has 0 bridgehead atoms. The third kappa shape index (κ3) is 2.78. The van der Waals surface area contributed by atoms with Crippen molar-refractivity contribution >= 4 is 17.2 Å². The number of carbonyl (C=O) groups excluding carboxylic acids is 1. The Kier molecular flexibility index (Phi) is 3.23. The first-order valence-corrected chi connectivity index (χ1v) is 5.19. The maximum atomic E-state index is 11.3. The lowest BCUT2D eigenvalue weighted by Crippen LogP contribution is -2.41. The Labute approximate surface area is 87.0 Å². The summed E-state index contributed by atoms with van der Waals surface area (Å²) in [6.07, 6.45) is 0. The van der Waals surface area contributed by atoms with E-state index in [9.17, 15) is 9.90 Å². The van der Waals surface area contributed by atoms with E-state index in [4.69, 9.17) is 0 Å². The summed E-state index contributed by atoms with van der Waals surface area (Å²) in [5.41, 5.74) is 1.34. The van der Waals surface area contributed by atoms with E-state index in [1.54, 1.807) is 5.51 Å². The van der Waals surface area contributed by atoms with E-state index in [0.717, 1.165) is 10.6 Å². The zero-order valence-corrected chi connectivity index (χ0v) is 9.31. The smallest absolute Gasteiger partial charge is 0.251 e. The van der Waals surface area contributed by atoms with E-state index < -0.39 is 5.60 Å². The molecule has 2 N–H and O–H groups in total. The summed E-state index contributed by atoms with van der Waals surface area (Å²) in [4.78, 5) is 16.4. The molecule has 0 aliphatic carbocycles. The van der Waals surface area contributed by atoms with Gasteiger partial charge in [0.15, 0.2) is 0 Å². The van der Waals surface area contributed by atoms with E-state index in [1.165, 1.54) is 25.2 Å². The number of carbonyl (C=O) groups is 1. The molecule has 0 unspecified atom stereocenters. The SMILES string of the molecule is Cc1ncsc1CNC(=O)C(C)(C)O. The number of thiazole rings is 1. The van der Waals surface area contributed by atoms with Crippen LogP contribution in [0.25, 0.3) is 0 Å². The van der Waals surface area contributed by atoms with Crippen molar-refractivity contribution in [1.82, 2.24) is 10.3 Å². The molecule has 4 nitrogen and oxygen atoms in total. The topological polar surface area (TPSA) is 62.2 Å². The molecule has 0 radical (unpaired) electrons. The summed E-state index contributed by atoms with van der Waals surface area (Å²) >= 11 is 1.49. The van der Waals surface area contributed by atoms with E-state index >= 15 is 0 Å². The molecular formula is C9H14N2O2S. The highest BCUT2D eigenvalue weighted by Crippen LogP contribution is 2.11. The molecule has 1 heterocycles. The van der Waals surface area contributed by atoms with Crippen LogP contribution in [0.4, 0.5) is 0 Å². The lowest BCUT2D eigenvalue weighted by molar-refractivity contribution is -0.136. The minimum atomic E-state index is -1.32. The molecule has 0 saturated carbocycles. The normalized spacial score (nSPS) is 11.4. The number of aryl methyl sites for hydroxylation is 1. The van der Waals surface area contributed by atoms with Crippen LogP contribution in [-0.4, -0.2) is 21.6 Å². The Bertz CT molecular complexity index is 328. The van der Waals surface area contributed by atoms with Gasteiger partial charge in [0.25, 0.3) is 5.91 Å². The van der Waals surface area contributed by atoms with E-state index in [-0.39, 0.29) is 5.91 Å². The molecule has 0 fully saturated rings. The number of hydrogen-bond donors (Lipinski definition) is 2. The van der Waals surface area contributed by atoms with Crippen LogP contribution in [0.15, 0.2) is 5.51 Å². The number of nitrogens with zero attached hydrogens (tertiary/aromatic N) is 1. The Morgan fingerprint density at radius 2 is 2.36 bits per heavy atom. The van der Waals surface area contributed by atoms with E-state index in [0.29, 0.717) is 6.54 Å². The minimum absolute atomic E-state index is 0.370. The van der Waals surface area contributed by atoms with Gasteiger partial charge in [0.05, 0.1) is 17.7 Å². The number of amides is 1. The predicted octanol–water partition coefficient (Wildman–Crippen LogP) is 0.839. The van der Waals surface area contributed by atoms with Crippen molar-refractivity contribution in [1.29, 1.82) is 0 Å². The molecule has 0 spiro atoms. The zero-order chi connectivity index (χ0) is 10.8. The molecule has 0 aliphatic heterocycles. The van der Waals surface area contributed by atoms with Crippen LogP contribution in [0.1, 0.15) is 24.4 Å². The number of rotatable bonds is 3. The fourth-order valence-electron chi connectivity index (χ4n) is 0.873. The number of hydrogen-bond acceptors (Lipinski definition) is 4. The van der Waals surface area contributed by atoms with Gasteiger partial charge in [-0.3, -0.25) is 4.79 Å². The van der Waals surface area contributed by atoms with Crippen LogP contribution in [0.5, 0.6) is 0 Å². The third-order valence-electron chi connectivity index (χ3n) is 1.81. The quantitative estimate of drug-likeness (QED) is 0.783. The van der Waals surface area contributed by atoms with Crippen LogP contribution >= 0.6 is 11.3 Å². The Balaban J connectivity index is 2.50. The monoisotopic (exact) mass is 214 g/mol. The highest BCUT2D eigenvalue weighted by atomic mass is 32.1. The summed E-state index contributed by atoms with van der Waals surface area (Å²) in [7, 11) is 0. The molecule has 78 valence electrons. The van der Waals surface area contributed by atoms with Gasteiger partial charge < -0.3 is 10.4 Å². The van der Waals surface area contributed by atoms with Gasteiger partial charge in [-0.1, -0.05) is 0 Å². The standard InChI is InChI=1S/C9H14N2O2S/c1-6-7(14-5-11-6)4-10-8(12)9(2,3)13/h5,13H,4H2,1-3H3,(H,10,12). The van der Waals surface area contributed by atoms with Crippen molar-refractivity contribution in [2.24, 2.45) is 0 Å². The molecule has 1 aromatic heterocycles. The van der Waals surface area contributed by atoms with Gasteiger partial charge in [-0.15, -0.1) is 11.3 Å². The van der Waals surface area contributed by atoms with Crippen LogP contribution in [0.2, 0.25) is 0 Å². The maximum Gasteiger partial charge on any atom is 0.251 e. The van der Waals surface area contributed by atoms with Crippen LogP contribution < -0.4 is 5.32 Å². The largest absolute Gasteiger partial charge is 0.381 e. The molecule has 0 atom stereocenters. The van der Waals surface area contributed by atoms with Gasteiger partial charge in [0.1, 0.15) is 5.60 Å². The molecule has 0 aliphatic rings. The molecule has 0 saturated heterocycles. The van der Waals surface area contributed by atoms with E-state index in [2.05, 4.69) is 10.3 Å². The van der Waals surface area contributed by atoms with Crippen molar-refractivity contribution in [3.05, 3.63) is 16.1 Å². The fraction of sp³-hybridized carbons (Fsp3) is 0.556. The molecule has 0 aromatic carbocycles. The van der Waals surface area contributed by atoms with Gasteiger partial charge in [-0.2, -0.15) is 0 Å². The summed E-state index contributed by atoms with van der Waals surface area (Å²) in [5.74, 6) is -0.370. The fourth-order valence-corrected chi connectivity index (χ4v) is 1.59. The Morgan fingerprint density at radius 3 is 2.79 bits per heavy atom. The van der Waals surface area contributed by atoms with Crippen LogP contribution in [0.3, 0.4) is 0 Å².